The van der Waals surface area contributed by atoms with Crippen LogP contribution in [-0.2, 0) is 16.1 Å². The van der Waals surface area contributed by atoms with Gasteiger partial charge in [0, 0.05) is 23.4 Å². The highest BCUT2D eigenvalue weighted by Crippen LogP contribution is 2.64. The molecule has 0 spiro atoms. The zero-order valence-electron chi connectivity index (χ0n) is 13.0. The summed E-state index contributed by atoms with van der Waals surface area (Å²) < 4.78 is 9.48. The molecule has 1 saturated carbocycles. The van der Waals surface area contributed by atoms with Crippen molar-refractivity contribution in [3.8, 4) is 0 Å². The topological polar surface area (TPSA) is 56.5 Å². The molecule has 1 aromatic carbocycles. The van der Waals surface area contributed by atoms with Crippen molar-refractivity contribution in [3.63, 3.8) is 0 Å². The third kappa shape index (κ3) is 2.74. The fraction of sp³-hybridized carbons (Fsp3) is 0.412. The second-order valence-corrected chi connectivity index (χ2v) is 7.80. The minimum absolute atomic E-state index is 0.0249. The molecule has 1 heterocycles. The monoisotopic (exact) mass is 354 g/mol. The van der Waals surface area contributed by atoms with E-state index in [1.165, 1.54) is 6.07 Å². The fourth-order valence-electron chi connectivity index (χ4n) is 2.53. The molecule has 1 aliphatic rings. The van der Waals surface area contributed by atoms with Crippen LogP contribution in [0.25, 0.3) is 11.0 Å². The summed E-state index contributed by atoms with van der Waals surface area (Å²) in [7, 11) is 0. The van der Waals surface area contributed by atoms with Crippen molar-refractivity contribution >= 4 is 40.1 Å². The molecule has 23 heavy (non-hydrogen) atoms. The van der Waals surface area contributed by atoms with Crippen LogP contribution in [0.4, 0.5) is 0 Å². The van der Waals surface area contributed by atoms with Gasteiger partial charge in [-0.15, -0.1) is 23.2 Å². The Kier molecular flexibility index (Phi) is 3.73. The van der Waals surface area contributed by atoms with Crippen molar-refractivity contribution in [1.82, 2.24) is 0 Å². The maximum Gasteiger partial charge on any atom is 0.336 e. The van der Waals surface area contributed by atoms with Gasteiger partial charge in [0.1, 0.15) is 21.9 Å². The summed E-state index contributed by atoms with van der Waals surface area (Å²) in [6.45, 7) is 5.55. The zero-order chi connectivity index (χ0) is 17.0. The largest absolute Gasteiger partial charge is 0.460 e. The quantitative estimate of drug-likeness (QED) is 0.474. The smallest absolute Gasteiger partial charge is 0.336 e. The molecule has 4 nitrogen and oxygen atoms in total. The summed E-state index contributed by atoms with van der Waals surface area (Å²) in [6.07, 6.45) is 0.359. The summed E-state index contributed by atoms with van der Waals surface area (Å²) in [4.78, 5) is 23.9. The van der Waals surface area contributed by atoms with Gasteiger partial charge in [-0.25, -0.2) is 4.79 Å². The van der Waals surface area contributed by atoms with E-state index in [1.807, 2.05) is 26.0 Å². The lowest BCUT2D eigenvalue weighted by atomic mass is 10.0. The standard InChI is InChI=1S/C17H16Cl2O4/c1-9-4-12-11(6-14(20)23-13(12)5-10(9)2)7-22-15(21)16(3)8-17(16,18)19/h4-6H,7-8H2,1-3H3/t16-/m1/s1. The van der Waals surface area contributed by atoms with Crippen molar-refractivity contribution < 1.29 is 13.9 Å². The van der Waals surface area contributed by atoms with E-state index in [0.29, 0.717) is 17.6 Å². The van der Waals surface area contributed by atoms with E-state index in [4.69, 9.17) is 32.4 Å². The fourth-order valence-corrected chi connectivity index (χ4v) is 3.22. The van der Waals surface area contributed by atoms with Crippen molar-refractivity contribution in [1.29, 1.82) is 0 Å². The number of fused-ring (bicyclic) bond motifs is 1. The Morgan fingerprint density at radius 2 is 1.87 bits per heavy atom. The summed E-state index contributed by atoms with van der Waals surface area (Å²) >= 11 is 12.0. The molecule has 0 amide bonds. The van der Waals surface area contributed by atoms with Crippen LogP contribution in [0, 0.1) is 19.3 Å². The molecular weight excluding hydrogens is 339 g/mol. The average molecular weight is 355 g/mol. The molecule has 0 aliphatic heterocycles. The van der Waals surface area contributed by atoms with Gasteiger partial charge in [0.15, 0.2) is 0 Å². The predicted molar refractivity (Wildman–Crippen MR) is 88.9 cm³/mol. The Morgan fingerprint density at radius 3 is 2.48 bits per heavy atom. The molecule has 0 N–H and O–H groups in total. The van der Waals surface area contributed by atoms with Crippen LogP contribution < -0.4 is 5.63 Å². The van der Waals surface area contributed by atoms with E-state index in [2.05, 4.69) is 0 Å². The lowest BCUT2D eigenvalue weighted by molar-refractivity contribution is -0.150. The van der Waals surface area contributed by atoms with Gasteiger partial charge in [-0.2, -0.15) is 0 Å². The van der Waals surface area contributed by atoms with Gasteiger partial charge in [0.25, 0.3) is 0 Å². The SMILES string of the molecule is Cc1cc2oc(=O)cc(COC(=O)[C@@]3(C)CC3(Cl)Cl)c2cc1C. The molecule has 0 bridgehead atoms. The van der Waals surface area contributed by atoms with Gasteiger partial charge in [0.05, 0.1) is 0 Å². The first-order valence-corrected chi connectivity index (χ1v) is 7.99. The molecule has 122 valence electrons. The zero-order valence-corrected chi connectivity index (χ0v) is 14.5. The van der Waals surface area contributed by atoms with Crippen LogP contribution in [0.3, 0.4) is 0 Å². The van der Waals surface area contributed by atoms with Crippen molar-refractivity contribution in [3.05, 3.63) is 45.3 Å². The molecule has 1 aliphatic carbocycles. The molecule has 6 heteroatoms. The van der Waals surface area contributed by atoms with Gasteiger partial charge in [0.2, 0.25) is 0 Å². The number of benzene rings is 1. The van der Waals surface area contributed by atoms with Gasteiger partial charge >= 0.3 is 11.6 Å². The second-order valence-electron chi connectivity index (χ2n) is 6.31. The van der Waals surface area contributed by atoms with Gasteiger partial charge in [-0.1, -0.05) is 0 Å². The number of ether oxygens (including phenoxy) is 1. The average Bonchev–Trinajstić information content (AvgIpc) is 2.98. The first-order chi connectivity index (χ1) is 10.6. The Bertz CT molecular complexity index is 869. The Hall–Kier alpha value is -1.52. The third-order valence-corrected chi connectivity index (χ3v) is 5.61. The Balaban J connectivity index is 1.90. The molecule has 3 rings (SSSR count). The normalized spacial score (nSPS) is 22.1. The van der Waals surface area contributed by atoms with Crippen molar-refractivity contribution in [2.24, 2.45) is 5.41 Å². The highest BCUT2D eigenvalue weighted by molar-refractivity contribution is 6.53. The number of esters is 1. The number of rotatable bonds is 3. The number of hydrogen-bond acceptors (Lipinski definition) is 4. The van der Waals surface area contributed by atoms with E-state index in [-0.39, 0.29) is 6.61 Å². The van der Waals surface area contributed by atoms with Crippen molar-refractivity contribution in [2.75, 3.05) is 0 Å². The lowest BCUT2D eigenvalue weighted by Gasteiger charge is -2.13. The first-order valence-electron chi connectivity index (χ1n) is 7.23. The number of carbonyl (C=O) groups excluding carboxylic acids is 1. The van der Waals surface area contributed by atoms with Gasteiger partial charge in [-0.3, -0.25) is 4.79 Å². The summed E-state index contributed by atoms with van der Waals surface area (Å²) in [5, 5.41) is 0.754. The summed E-state index contributed by atoms with van der Waals surface area (Å²) in [5.41, 5.74) is 1.80. The van der Waals surface area contributed by atoms with Crippen LogP contribution in [0.5, 0.6) is 0 Å². The number of carbonyl (C=O) groups is 1. The number of aryl methyl sites for hydroxylation is 2. The van der Waals surface area contributed by atoms with Crippen molar-refractivity contribution in [2.45, 2.75) is 38.1 Å². The summed E-state index contributed by atoms with van der Waals surface area (Å²) in [5.74, 6) is -0.465. The van der Waals surface area contributed by atoms with E-state index < -0.39 is 21.3 Å². The molecular formula is C17H16Cl2O4. The van der Waals surface area contributed by atoms with Crippen LogP contribution in [0.1, 0.15) is 30.0 Å². The number of alkyl halides is 2. The number of hydrogen-bond donors (Lipinski definition) is 0. The lowest BCUT2D eigenvalue weighted by Crippen LogP contribution is -2.21. The van der Waals surface area contributed by atoms with Gasteiger partial charge < -0.3 is 9.15 Å². The minimum atomic E-state index is -1.07. The van der Waals surface area contributed by atoms with Crippen LogP contribution in [-0.4, -0.2) is 10.3 Å². The van der Waals surface area contributed by atoms with Gasteiger partial charge in [-0.05, 0) is 44.0 Å². The van der Waals surface area contributed by atoms with Crippen LogP contribution in [0.2, 0.25) is 0 Å². The predicted octanol–water partition coefficient (Wildman–Crippen LogP) is 4.04. The van der Waals surface area contributed by atoms with E-state index in [0.717, 1.165) is 16.5 Å². The molecule has 0 radical (unpaired) electrons. The minimum Gasteiger partial charge on any atom is -0.460 e. The Labute approximate surface area is 143 Å². The maximum atomic E-state index is 12.2. The highest BCUT2D eigenvalue weighted by atomic mass is 35.5. The molecule has 1 fully saturated rings. The van der Waals surface area contributed by atoms with E-state index in [1.54, 1.807) is 6.92 Å². The third-order valence-electron chi connectivity index (χ3n) is 4.51. The number of halogens is 2. The second kappa shape index (κ2) is 5.25. The van der Waals surface area contributed by atoms with Crippen LogP contribution >= 0.6 is 23.2 Å². The van der Waals surface area contributed by atoms with E-state index in [9.17, 15) is 9.59 Å². The highest BCUT2D eigenvalue weighted by Gasteiger charge is 2.69. The van der Waals surface area contributed by atoms with Crippen LogP contribution in [0.15, 0.2) is 27.4 Å². The van der Waals surface area contributed by atoms with E-state index >= 15 is 0 Å². The molecule has 0 saturated heterocycles. The Morgan fingerprint density at radius 1 is 1.26 bits per heavy atom. The molecule has 1 atom stereocenters. The first kappa shape index (κ1) is 16.3. The molecule has 1 aromatic heterocycles. The molecule has 0 unspecified atom stereocenters. The summed E-state index contributed by atoms with van der Waals surface area (Å²) in [6, 6.07) is 5.07. The molecule has 2 aromatic rings. The maximum absolute atomic E-state index is 12.2.